The minimum Gasteiger partial charge on any atom is -0.478 e. The lowest BCUT2D eigenvalue weighted by Gasteiger charge is -2.11. The van der Waals surface area contributed by atoms with E-state index >= 15 is 0 Å². The molecule has 110 valence electrons. The first-order valence-electron chi connectivity index (χ1n) is 6.49. The van der Waals surface area contributed by atoms with Crippen molar-refractivity contribution in [1.82, 2.24) is 0 Å². The molecule has 2 aromatic carbocycles. The molecule has 21 heavy (non-hydrogen) atoms. The maximum atomic E-state index is 13.0. The molecule has 0 saturated carbocycles. The van der Waals surface area contributed by atoms with Gasteiger partial charge in [0, 0.05) is 6.54 Å². The molecular formula is C16H15ClFNO2. The summed E-state index contributed by atoms with van der Waals surface area (Å²) in [6.07, 6.45) is 0.664. The number of anilines is 1. The van der Waals surface area contributed by atoms with Gasteiger partial charge < -0.3 is 10.4 Å². The minimum absolute atomic E-state index is 0.0648. The van der Waals surface area contributed by atoms with Crippen molar-refractivity contribution in [2.24, 2.45) is 0 Å². The van der Waals surface area contributed by atoms with Crippen LogP contribution in [0.1, 0.15) is 21.5 Å². The molecule has 0 aliphatic heterocycles. The third-order valence-electron chi connectivity index (χ3n) is 3.24. The SMILES string of the molecule is Cc1cc(F)ccc1CCNc1cccc(Cl)c1C(=O)O. The van der Waals surface area contributed by atoms with E-state index in [0.29, 0.717) is 18.7 Å². The number of rotatable bonds is 5. The largest absolute Gasteiger partial charge is 0.478 e. The van der Waals surface area contributed by atoms with Crippen molar-refractivity contribution in [3.63, 3.8) is 0 Å². The lowest BCUT2D eigenvalue weighted by molar-refractivity contribution is 0.0698. The van der Waals surface area contributed by atoms with Gasteiger partial charge in [0.2, 0.25) is 0 Å². The van der Waals surface area contributed by atoms with Crippen LogP contribution in [-0.2, 0) is 6.42 Å². The highest BCUT2D eigenvalue weighted by molar-refractivity contribution is 6.34. The molecule has 2 N–H and O–H groups in total. The maximum absolute atomic E-state index is 13.0. The Labute approximate surface area is 127 Å². The van der Waals surface area contributed by atoms with Gasteiger partial charge in [-0.3, -0.25) is 0 Å². The van der Waals surface area contributed by atoms with Crippen LogP contribution < -0.4 is 5.32 Å². The Morgan fingerprint density at radius 2 is 2.10 bits per heavy atom. The molecule has 0 aliphatic rings. The molecule has 0 aliphatic carbocycles. The van der Waals surface area contributed by atoms with Crippen LogP contribution in [0.3, 0.4) is 0 Å². The third kappa shape index (κ3) is 3.73. The Morgan fingerprint density at radius 3 is 2.76 bits per heavy atom. The predicted octanol–water partition coefficient (Wildman–Crippen LogP) is 4.14. The molecule has 2 rings (SSSR count). The standard InChI is InChI=1S/C16H15ClFNO2/c1-10-9-12(18)6-5-11(10)7-8-19-14-4-2-3-13(17)15(14)16(20)21/h2-6,9,19H,7-8H2,1H3,(H,20,21). The fraction of sp³-hybridized carbons (Fsp3) is 0.188. The Hall–Kier alpha value is -2.07. The van der Waals surface area contributed by atoms with Gasteiger partial charge in [-0.05, 0) is 48.7 Å². The Morgan fingerprint density at radius 1 is 1.33 bits per heavy atom. The van der Waals surface area contributed by atoms with E-state index in [1.165, 1.54) is 12.1 Å². The van der Waals surface area contributed by atoms with Crippen molar-refractivity contribution in [1.29, 1.82) is 0 Å². The molecule has 0 bridgehead atoms. The maximum Gasteiger partial charge on any atom is 0.339 e. The van der Waals surface area contributed by atoms with Gasteiger partial charge in [-0.2, -0.15) is 0 Å². The summed E-state index contributed by atoms with van der Waals surface area (Å²) in [5.41, 5.74) is 2.44. The van der Waals surface area contributed by atoms with E-state index in [4.69, 9.17) is 11.6 Å². The summed E-state index contributed by atoms with van der Waals surface area (Å²) in [5.74, 6) is -1.33. The van der Waals surface area contributed by atoms with E-state index in [1.54, 1.807) is 24.3 Å². The van der Waals surface area contributed by atoms with Crippen LogP contribution >= 0.6 is 11.6 Å². The Kier molecular flexibility index (Phi) is 4.81. The molecule has 3 nitrogen and oxygen atoms in total. The smallest absolute Gasteiger partial charge is 0.339 e. The summed E-state index contributed by atoms with van der Waals surface area (Å²) < 4.78 is 13.0. The second-order valence-electron chi connectivity index (χ2n) is 4.72. The van der Waals surface area contributed by atoms with Gasteiger partial charge in [-0.15, -0.1) is 0 Å². The summed E-state index contributed by atoms with van der Waals surface area (Å²) in [6.45, 7) is 2.38. The molecule has 0 spiro atoms. The van der Waals surface area contributed by atoms with Crippen LogP contribution in [0.15, 0.2) is 36.4 Å². The first-order chi connectivity index (χ1) is 9.99. The second-order valence-corrected chi connectivity index (χ2v) is 5.12. The number of aromatic carboxylic acids is 1. The van der Waals surface area contributed by atoms with E-state index in [9.17, 15) is 14.3 Å². The zero-order valence-electron chi connectivity index (χ0n) is 11.5. The van der Waals surface area contributed by atoms with Crippen molar-refractivity contribution in [3.8, 4) is 0 Å². The number of halogens is 2. The highest BCUT2D eigenvalue weighted by Crippen LogP contribution is 2.24. The van der Waals surface area contributed by atoms with Crippen LogP contribution in [0.5, 0.6) is 0 Å². The van der Waals surface area contributed by atoms with Crippen molar-refractivity contribution in [2.75, 3.05) is 11.9 Å². The van der Waals surface area contributed by atoms with E-state index in [-0.39, 0.29) is 16.4 Å². The van der Waals surface area contributed by atoms with Crippen LogP contribution in [0, 0.1) is 12.7 Å². The van der Waals surface area contributed by atoms with Gasteiger partial charge in [0.05, 0.1) is 10.7 Å². The van der Waals surface area contributed by atoms with Crippen molar-refractivity contribution >= 4 is 23.3 Å². The molecule has 2 aromatic rings. The number of aryl methyl sites for hydroxylation is 1. The molecule has 0 radical (unpaired) electrons. The molecule has 0 aromatic heterocycles. The number of benzene rings is 2. The van der Waals surface area contributed by atoms with Crippen molar-refractivity contribution in [2.45, 2.75) is 13.3 Å². The van der Waals surface area contributed by atoms with Gasteiger partial charge in [0.25, 0.3) is 0 Å². The Bertz CT molecular complexity index is 673. The van der Waals surface area contributed by atoms with Gasteiger partial charge in [0.15, 0.2) is 0 Å². The van der Waals surface area contributed by atoms with Crippen LogP contribution in [0.25, 0.3) is 0 Å². The highest BCUT2D eigenvalue weighted by atomic mass is 35.5. The fourth-order valence-electron chi connectivity index (χ4n) is 2.16. The zero-order valence-corrected chi connectivity index (χ0v) is 12.2. The summed E-state index contributed by atoms with van der Waals surface area (Å²) in [4.78, 5) is 11.2. The summed E-state index contributed by atoms with van der Waals surface area (Å²) in [5, 5.41) is 12.4. The molecule has 0 amide bonds. The topological polar surface area (TPSA) is 49.3 Å². The monoisotopic (exact) mass is 307 g/mol. The van der Waals surface area contributed by atoms with Gasteiger partial charge in [-0.1, -0.05) is 23.7 Å². The summed E-state index contributed by atoms with van der Waals surface area (Å²) in [6, 6.07) is 9.55. The van der Waals surface area contributed by atoms with E-state index in [1.807, 2.05) is 6.92 Å². The number of nitrogens with one attached hydrogen (secondary N) is 1. The van der Waals surface area contributed by atoms with Crippen LogP contribution in [-0.4, -0.2) is 17.6 Å². The molecule has 5 heteroatoms. The lowest BCUT2D eigenvalue weighted by Crippen LogP contribution is -2.10. The molecule has 0 atom stereocenters. The number of hydrogen-bond acceptors (Lipinski definition) is 2. The van der Waals surface area contributed by atoms with Gasteiger partial charge >= 0.3 is 5.97 Å². The molecule has 0 fully saturated rings. The number of carbonyl (C=O) groups is 1. The average molecular weight is 308 g/mol. The van der Waals surface area contributed by atoms with E-state index < -0.39 is 5.97 Å². The number of hydrogen-bond donors (Lipinski definition) is 2. The zero-order chi connectivity index (χ0) is 15.4. The van der Waals surface area contributed by atoms with Crippen LogP contribution in [0.2, 0.25) is 5.02 Å². The fourth-order valence-corrected chi connectivity index (χ4v) is 2.42. The van der Waals surface area contributed by atoms with E-state index in [0.717, 1.165) is 11.1 Å². The van der Waals surface area contributed by atoms with E-state index in [2.05, 4.69) is 5.32 Å². The highest BCUT2D eigenvalue weighted by Gasteiger charge is 2.13. The molecule has 0 saturated heterocycles. The minimum atomic E-state index is -1.07. The molecular weight excluding hydrogens is 293 g/mol. The average Bonchev–Trinajstić information content (AvgIpc) is 2.41. The lowest BCUT2D eigenvalue weighted by atomic mass is 10.1. The van der Waals surface area contributed by atoms with Crippen molar-refractivity contribution < 1.29 is 14.3 Å². The van der Waals surface area contributed by atoms with Crippen molar-refractivity contribution in [3.05, 3.63) is 63.9 Å². The van der Waals surface area contributed by atoms with Gasteiger partial charge in [0.1, 0.15) is 11.4 Å². The Balaban J connectivity index is 2.07. The second kappa shape index (κ2) is 6.59. The molecule has 0 unspecified atom stereocenters. The summed E-state index contributed by atoms with van der Waals surface area (Å²) in [7, 11) is 0. The molecule has 0 heterocycles. The number of carboxylic acid groups (broad SMARTS) is 1. The quantitative estimate of drug-likeness (QED) is 0.873. The summed E-state index contributed by atoms with van der Waals surface area (Å²) >= 11 is 5.90. The third-order valence-corrected chi connectivity index (χ3v) is 3.56. The van der Waals surface area contributed by atoms with Gasteiger partial charge in [-0.25, -0.2) is 9.18 Å². The predicted molar refractivity (Wildman–Crippen MR) is 81.7 cm³/mol. The van der Waals surface area contributed by atoms with Crippen LogP contribution in [0.4, 0.5) is 10.1 Å². The first kappa shape index (κ1) is 15.3. The first-order valence-corrected chi connectivity index (χ1v) is 6.87. The normalized spacial score (nSPS) is 10.4. The number of carboxylic acids is 1.